The Balaban J connectivity index is 2.49. The zero-order valence-electron chi connectivity index (χ0n) is 6.40. The van der Waals surface area contributed by atoms with Crippen molar-refractivity contribution in [2.24, 2.45) is 0 Å². The first-order valence-corrected chi connectivity index (χ1v) is 3.96. The molecule has 0 aromatic heterocycles. The normalized spacial score (nSPS) is 40.1. The Morgan fingerprint density at radius 3 is 2.73 bits per heavy atom. The van der Waals surface area contributed by atoms with Gasteiger partial charge in [-0.1, -0.05) is 0 Å². The molecule has 4 N–H and O–H groups in total. The summed E-state index contributed by atoms with van der Waals surface area (Å²) in [6, 6.07) is -0.368. The minimum Gasteiger partial charge on any atom is -0.395 e. The van der Waals surface area contributed by atoms with Gasteiger partial charge in [0.25, 0.3) is 0 Å². The molecule has 0 radical (unpaired) electrons. The Morgan fingerprint density at radius 2 is 2.09 bits per heavy atom. The summed E-state index contributed by atoms with van der Waals surface area (Å²) in [6.45, 7) is 0.623. The number of rotatable bonds is 1. The highest BCUT2D eigenvalue weighted by Crippen LogP contribution is 2.09. The van der Waals surface area contributed by atoms with E-state index in [1.54, 1.807) is 0 Å². The van der Waals surface area contributed by atoms with E-state index in [0.29, 0.717) is 6.42 Å². The lowest BCUT2D eigenvalue weighted by atomic mass is 10.1. The van der Waals surface area contributed by atoms with Gasteiger partial charge in [0.15, 0.2) is 0 Å². The fraction of sp³-hybridized carbons (Fsp3) is 1.00. The third-order valence-electron chi connectivity index (χ3n) is 2.09. The predicted octanol–water partition coefficient (Wildman–Crippen LogP) is -1.55. The molecule has 0 unspecified atom stereocenters. The fourth-order valence-electron chi connectivity index (χ4n) is 1.33. The van der Waals surface area contributed by atoms with Gasteiger partial charge in [0, 0.05) is 0 Å². The lowest BCUT2D eigenvalue weighted by molar-refractivity contribution is -0.0108. The van der Waals surface area contributed by atoms with E-state index in [-0.39, 0.29) is 12.6 Å². The van der Waals surface area contributed by atoms with Crippen molar-refractivity contribution in [1.82, 2.24) is 5.32 Å². The van der Waals surface area contributed by atoms with Crippen LogP contribution in [0.5, 0.6) is 0 Å². The van der Waals surface area contributed by atoms with Gasteiger partial charge >= 0.3 is 0 Å². The molecule has 1 heterocycles. The van der Waals surface area contributed by atoms with E-state index in [1.807, 2.05) is 0 Å². The number of aliphatic hydroxyl groups excluding tert-OH is 3. The van der Waals surface area contributed by atoms with Crippen LogP contribution < -0.4 is 5.32 Å². The molecule has 66 valence electrons. The van der Waals surface area contributed by atoms with Crippen molar-refractivity contribution in [3.8, 4) is 0 Å². The van der Waals surface area contributed by atoms with Gasteiger partial charge in [-0.25, -0.2) is 0 Å². The molecule has 0 saturated carbocycles. The third-order valence-corrected chi connectivity index (χ3v) is 2.09. The first-order chi connectivity index (χ1) is 5.25. The van der Waals surface area contributed by atoms with Crippen molar-refractivity contribution in [2.75, 3.05) is 13.2 Å². The number of nitrogens with one attached hydrogen (secondary N) is 1. The second-order valence-electron chi connectivity index (χ2n) is 2.94. The molecule has 0 spiro atoms. The van der Waals surface area contributed by atoms with Gasteiger partial charge < -0.3 is 20.6 Å². The van der Waals surface area contributed by atoms with E-state index < -0.39 is 12.2 Å². The van der Waals surface area contributed by atoms with E-state index in [2.05, 4.69) is 5.32 Å². The molecule has 1 fully saturated rings. The van der Waals surface area contributed by atoms with Crippen molar-refractivity contribution in [2.45, 2.75) is 31.1 Å². The summed E-state index contributed by atoms with van der Waals surface area (Å²) in [5.74, 6) is 0. The molecule has 0 aromatic carbocycles. The largest absolute Gasteiger partial charge is 0.395 e. The van der Waals surface area contributed by atoms with Crippen LogP contribution in [0.3, 0.4) is 0 Å². The maximum Gasteiger partial charge on any atom is 0.0973 e. The molecular weight excluding hydrogens is 146 g/mol. The number of aliphatic hydroxyl groups is 3. The van der Waals surface area contributed by atoms with Crippen LogP contribution >= 0.6 is 0 Å². The Morgan fingerprint density at radius 1 is 1.36 bits per heavy atom. The van der Waals surface area contributed by atoms with Crippen molar-refractivity contribution in [3.05, 3.63) is 0 Å². The summed E-state index contributed by atoms with van der Waals surface area (Å²) in [4.78, 5) is 0. The third kappa shape index (κ3) is 2.13. The highest BCUT2D eigenvalue weighted by atomic mass is 16.3. The van der Waals surface area contributed by atoms with Gasteiger partial charge in [-0.2, -0.15) is 0 Å². The molecule has 0 aromatic rings. The first-order valence-electron chi connectivity index (χ1n) is 3.96. The first kappa shape index (κ1) is 8.93. The van der Waals surface area contributed by atoms with Gasteiger partial charge in [0.2, 0.25) is 0 Å². The van der Waals surface area contributed by atoms with Gasteiger partial charge in [-0.15, -0.1) is 0 Å². The Kier molecular flexibility index (Phi) is 3.26. The van der Waals surface area contributed by atoms with Gasteiger partial charge in [-0.05, 0) is 19.4 Å². The summed E-state index contributed by atoms with van der Waals surface area (Å²) in [6.07, 6.45) is -0.0796. The molecule has 0 aliphatic carbocycles. The second-order valence-corrected chi connectivity index (χ2v) is 2.94. The topological polar surface area (TPSA) is 72.7 Å². The molecule has 1 saturated heterocycles. The summed E-state index contributed by atoms with van der Waals surface area (Å²) >= 11 is 0. The van der Waals surface area contributed by atoms with Crippen molar-refractivity contribution < 1.29 is 15.3 Å². The highest BCUT2D eigenvalue weighted by molar-refractivity contribution is 4.83. The molecule has 1 rings (SSSR count). The summed E-state index contributed by atoms with van der Waals surface area (Å²) < 4.78 is 0. The Bertz CT molecular complexity index is 120. The monoisotopic (exact) mass is 161 g/mol. The van der Waals surface area contributed by atoms with Gasteiger partial charge in [0.1, 0.15) is 0 Å². The minimum atomic E-state index is -0.831. The van der Waals surface area contributed by atoms with Crippen LogP contribution in [0, 0.1) is 0 Å². The summed E-state index contributed by atoms with van der Waals surface area (Å²) in [7, 11) is 0. The second kappa shape index (κ2) is 4.01. The Labute approximate surface area is 65.9 Å². The zero-order valence-corrected chi connectivity index (χ0v) is 6.40. The van der Waals surface area contributed by atoms with Crippen LogP contribution in [-0.4, -0.2) is 46.7 Å². The average Bonchev–Trinajstić information content (AvgIpc) is 2.16. The number of hydrogen-bond acceptors (Lipinski definition) is 4. The lowest BCUT2D eigenvalue weighted by Gasteiger charge is -2.21. The standard InChI is InChI=1S/C7H15NO3/c9-4-5-7(11)6(10)2-1-3-8-5/h5-11H,1-4H2/t5-,6-,7-/m1/s1. The SMILES string of the molecule is OC[C@H]1NCCC[C@@H](O)[C@@H]1O. The summed E-state index contributed by atoms with van der Waals surface area (Å²) in [5.41, 5.74) is 0. The van der Waals surface area contributed by atoms with Crippen LogP contribution in [0.2, 0.25) is 0 Å². The predicted molar refractivity (Wildman–Crippen MR) is 40.1 cm³/mol. The molecule has 4 nitrogen and oxygen atoms in total. The molecule has 0 amide bonds. The van der Waals surface area contributed by atoms with Crippen LogP contribution in [0.25, 0.3) is 0 Å². The van der Waals surface area contributed by atoms with Crippen molar-refractivity contribution >= 4 is 0 Å². The van der Waals surface area contributed by atoms with Crippen LogP contribution in [-0.2, 0) is 0 Å². The highest BCUT2D eigenvalue weighted by Gasteiger charge is 2.27. The average molecular weight is 161 g/mol. The van der Waals surface area contributed by atoms with Crippen molar-refractivity contribution in [1.29, 1.82) is 0 Å². The maximum atomic E-state index is 9.34. The lowest BCUT2D eigenvalue weighted by Crippen LogP contribution is -2.46. The van der Waals surface area contributed by atoms with Crippen LogP contribution in [0.1, 0.15) is 12.8 Å². The van der Waals surface area contributed by atoms with Gasteiger partial charge in [-0.3, -0.25) is 0 Å². The van der Waals surface area contributed by atoms with E-state index in [0.717, 1.165) is 13.0 Å². The Hall–Kier alpha value is -0.160. The van der Waals surface area contributed by atoms with Gasteiger partial charge in [0.05, 0.1) is 24.9 Å². The fourth-order valence-corrected chi connectivity index (χ4v) is 1.33. The van der Waals surface area contributed by atoms with Crippen LogP contribution in [0.4, 0.5) is 0 Å². The van der Waals surface area contributed by atoms with E-state index in [9.17, 15) is 10.2 Å². The van der Waals surface area contributed by atoms with E-state index in [1.165, 1.54) is 0 Å². The molecule has 4 heteroatoms. The summed E-state index contributed by atoms with van der Waals surface area (Å²) in [5, 5.41) is 30.3. The van der Waals surface area contributed by atoms with E-state index >= 15 is 0 Å². The molecule has 0 bridgehead atoms. The molecule has 1 aliphatic heterocycles. The maximum absolute atomic E-state index is 9.34. The molecule has 3 atom stereocenters. The molecular formula is C7H15NO3. The zero-order chi connectivity index (χ0) is 8.27. The smallest absolute Gasteiger partial charge is 0.0973 e. The number of hydrogen-bond donors (Lipinski definition) is 4. The van der Waals surface area contributed by atoms with Crippen LogP contribution in [0.15, 0.2) is 0 Å². The molecule has 11 heavy (non-hydrogen) atoms. The van der Waals surface area contributed by atoms with Crippen molar-refractivity contribution in [3.63, 3.8) is 0 Å². The quantitative estimate of drug-likeness (QED) is 0.376. The minimum absolute atomic E-state index is 0.127. The van der Waals surface area contributed by atoms with E-state index in [4.69, 9.17) is 5.11 Å². The molecule has 1 aliphatic rings.